The number of hydroxylamine groups is 1. The maximum Gasteiger partial charge on any atom is 0.281 e. The summed E-state index contributed by atoms with van der Waals surface area (Å²) < 4.78 is 0. The summed E-state index contributed by atoms with van der Waals surface area (Å²) in [6.45, 7) is 2.50. The quantitative estimate of drug-likeness (QED) is 0.470. The average Bonchev–Trinajstić information content (AvgIpc) is 3.16. The number of carbonyl (C=O) groups excluding carboxylic acids is 2. The lowest BCUT2D eigenvalue weighted by molar-refractivity contribution is -0.124. The van der Waals surface area contributed by atoms with Crippen LogP contribution in [0.1, 0.15) is 30.4 Å². The molecule has 1 atom stereocenters. The van der Waals surface area contributed by atoms with Crippen molar-refractivity contribution in [2.24, 2.45) is 5.41 Å². The Kier molecular flexibility index (Phi) is 6.11. The largest absolute Gasteiger partial charge is 0.351 e. The molecule has 6 heteroatoms. The second-order valence-electron chi connectivity index (χ2n) is 7.93. The van der Waals surface area contributed by atoms with Gasteiger partial charge in [0.1, 0.15) is 0 Å². The smallest absolute Gasteiger partial charge is 0.281 e. The zero-order valence-corrected chi connectivity index (χ0v) is 18.0. The first-order chi connectivity index (χ1) is 15.0. The molecule has 0 bridgehead atoms. The molecule has 0 spiro atoms. The lowest BCUT2D eigenvalue weighted by Crippen LogP contribution is -2.31. The molecule has 0 saturated carbocycles. The molecule has 2 aromatic carbocycles. The number of hydrogen-bond donors (Lipinski definition) is 3. The standard InChI is InChI=1S/C25H24N2O3S/c1-25-13-12-19(14-22(25)31-21(15-25)24(29)27-30)23(28)26-16-20(17-8-4-2-5-9-17)18-10-6-3-7-11-18/h2-12,14-15,20,30H,13,16H2,1H3,(H,26,28)(H,27,29). The van der Waals surface area contributed by atoms with Gasteiger partial charge in [-0.25, -0.2) is 5.48 Å². The first-order valence-electron chi connectivity index (χ1n) is 10.2. The first-order valence-corrected chi connectivity index (χ1v) is 11.0. The van der Waals surface area contributed by atoms with Gasteiger partial charge in [0.25, 0.3) is 11.8 Å². The Hall–Kier alpha value is -3.09. The molecule has 2 amide bonds. The highest BCUT2D eigenvalue weighted by molar-refractivity contribution is 8.08. The van der Waals surface area contributed by atoms with Crippen LogP contribution in [-0.2, 0) is 9.59 Å². The van der Waals surface area contributed by atoms with Crippen LogP contribution in [0.4, 0.5) is 0 Å². The Morgan fingerprint density at radius 3 is 2.23 bits per heavy atom. The van der Waals surface area contributed by atoms with E-state index in [-0.39, 0.29) is 17.2 Å². The minimum atomic E-state index is -0.527. The SMILES string of the molecule is CC12C=C(C(=O)NO)SC1=CC(C(=O)NCC(c1ccccc1)c1ccccc1)=CC2. The third-order valence-electron chi connectivity index (χ3n) is 5.72. The second kappa shape index (κ2) is 8.96. The highest BCUT2D eigenvalue weighted by atomic mass is 32.2. The molecule has 0 aromatic heterocycles. The summed E-state index contributed by atoms with van der Waals surface area (Å²) in [6, 6.07) is 20.3. The molecule has 2 aliphatic rings. The zero-order chi connectivity index (χ0) is 21.8. The van der Waals surface area contributed by atoms with Gasteiger partial charge in [0, 0.05) is 28.4 Å². The number of nitrogens with one attached hydrogen (secondary N) is 2. The number of amides is 2. The van der Waals surface area contributed by atoms with Crippen molar-refractivity contribution in [1.29, 1.82) is 0 Å². The highest BCUT2D eigenvalue weighted by Gasteiger charge is 2.38. The van der Waals surface area contributed by atoms with Crippen molar-refractivity contribution < 1.29 is 14.8 Å². The number of allylic oxidation sites excluding steroid dienone is 3. The molecule has 0 saturated heterocycles. The van der Waals surface area contributed by atoms with E-state index < -0.39 is 5.91 Å². The van der Waals surface area contributed by atoms with E-state index in [1.54, 1.807) is 5.48 Å². The van der Waals surface area contributed by atoms with Crippen LogP contribution in [0.2, 0.25) is 0 Å². The number of rotatable bonds is 6. The molecular weight excluding hydrogens is 408 g/mol. The number of fused-ring (bicyclic) bond motifs is 1. The number of thioether (sulfide) groups is 1. The summed E-state index contributed by atoms with van der Waals surface area (Å²) in [7, 11) is 0. The molecule has 1 unspecified atom stereocenters. The minimum Gasteiger partial charge on any atom is -0.351 e. The first kappa shape index (κ1) is 21.2. The van der Waals surface area contributed by atoms with Crippen molar-refractivity contribution in [3.05, 3.63) is 105 Å². The van der Waals surface area contributed by atoms with E-state index in [9.17, 15) is 9.59 Å². The number of hydrogen-bond acceptors (Lipinski definition) is 4. The fourth-order valence-electron chi connectivity index (χ4n) is 3.92. The van der Waals surface area contributed by atoms with Crippen LogP contribution in [-0.4, -0.2) is 23.6 Å². The molecule has 0 radical (unpaired) electrons. The van der Waals surface area contributed by atoms with E-state index in [0.29, 0.717) is 23.4 Å². The van der Waals surface area contributed by atoms with Gasteiger partial charge in [0.2, 0.25) is 0 Å². The molecule has 1 heterocycles. The molecule has 1 aliphatic carbocycles. The maximum absolute atomic E-state index is 13.0. The van der Waals surface area contributed by atoms with E-state index in [0.717, 1.165) is 16.0 Å². The highest BCUT2D eigenvalue weighted by Crippen LogP contribution is 2.52. The predicted molar refractivity (Wildman–Crippen MR) is 122 cm³/mol. The van der Waals surface area contributed by atoms with Gasteiger partial charge in [-0.15, -0.1) is 0 Å². The third kappa shape index (κ3) is 4.50. The second-order valence-corrected chi connectivity index (χ2v) is 9.01. The molecule has 31 heavy (non-hydrogen) atoms. The average molecular weight is 433 g/mol. The van der Waals surface area contributed by atoms with E-state index in [4.69, 9.17) is 5.21 Å². The summed E-state index contributed by atoms with van der Waals surface area (Å²) in [6.07, 6.45) is 6.23. The topological polar surface area (TPSA) is 78.4 Å². The lowest BCUT2D eigenvalue weighted by atomic mass is 9.81. The summed E-state index contributed by atoms with van der Waals surface area (Å²) in [5, 5.41) is 12.0. The Morgan fingerprint density at radius 2 is 1.65 bits per heavy atom. The van der Waals surface area contributed by atoms with Gasteiger partial charge in [-0.1, -0.05) is 91.5 Å². The van der Waals surface area contributed by atoms with E-state index in [1.165, 1.54) is 11.8 Å². The van der Waals surface area contributed by atoms with Crippen molar-refractivity contribution in [3.63, 3.8) is 0 Å². The van der Waals surface area contributed by atoms with E-state index in [1.807, 2.05) is 61.5 Å². The minimum absolute atomic E-state index is 0.0517. The molecule has 1 aliphatic heterocycles. The monoisotopic (exact) mass is 432 g/mol. The predicted octanol–water partition coefficient (Wildman–Crippen LogP) is 4.29. The molecular formula is C25H24N2O3S. The molecule has 5 nitrogen and oxygen atoms in total. The Labute approximate surface area is 185 Å². The fourth-order valence-corrected chi connectivity index (χ4v) is 5.18. The number of benzene rings is 2. The molecule has 4 rings (SSSR count). The van der Waals surface area contributed by atoms with Crippen LogP contribution in [0.25, 0.3) is 0 Å². The van der Waals surface area contributed by atoms with Crippen LogP contribution in [0.15, 0.2) is 94.3 Å². The van der Waals surface area contributed by atoms with Crippen LogP contribution in [0.5, 0.6) is 0 Å². The van der Waals surface area contributed by atoms with Gasteiger partial charge in [0.15, 0.2) is 0 Å². The van der Waals surface area contributed by atoms with Gasteiger partial charge in [-0.2, -0.15) is 0 Å². The number of carbonyl (C=O) groups is 2. The molecule has 158 valence electrons. The summed E-state index contributed by atoms with van der Waals surface area (Å²) in [5.74, 6) is -0.607. The summed E-state index contributed by atoms with van der Waals surface area (Å²) >= 11 is 1.29. The van der Waals surface area contributed by atoms with Crippen molar-refractivity contribution in [2.75, 3.05) is 6.54 Å². The van der Waals surface area contributed by atoms with Gasteiger partial charge in [-0.05, 0) is 23.6 Å². The van der Waals surface area contributed by atoms with Crippen LogP contribution >= 0.6 is 11.8 Å². The van der Waals surface area contributed by atoms with Crippen LogP contribution in [0, 0.1) is 5.41 Å². The van der Waals surface area contributed by atoms with Crippen molar-refractivity contribution >= 4 is 23.6 Å². The molecule has 3 N–H and O–H groups in total. The van der Waals surface area contributed by atoms with Gasteiger partial charge in [-0.3, -0.25) is 14.8 Å². The fraction of sp³-hybridized carbons (Fsp3) is 0.200. The lowest BCUT2D eigenvalue weighted by Gasteiger charge is -2.26. The Morgan fingerprint density at radius 1 is 1.03 bits per heavy atom. The van der Waals surface area contributed by atoms with Gasteiger partial charge < -0.3 is 5.32 Å². The van der Waals surface area contributed by atoms with Crippen LogP contribution in [0.3, 0.4) is 0 Å². The summed E-state index contributed by atoms with van der Waals surface area (Å²) in [5.41, 5.74) is 4.24. The van der Waals surface area contributed by atoms with E-state index >= 15 is 0 Å². The van der Waals surface area contributed by atoms with Crippen molar-refractivity contribution in [1.82, 2.24) is 10.8 Å². The Bertz CT molecular complexity index is 1040. The van der Waals surface area contributed by atoms with Gasteiger partial charge in [0.05, 0.1) is 4.91 Å². The zero-order valence-electron chi connectivity index (χ0n) is 17.2. The normalized spacial score (nSPS) is 19.8. The summed E-state index contributed by atoms with van der Waals surface area (Å²) in [4.78, 5) is 26.1. The maximum atomic E-state index is 13.0. The van der Waals surface area contributed by atoms with Gasteiger partial charge >= 0.3 is 0 Å². The van der Waals surface area contributed by atoms with Crippen molar-refractivity contribution in [3.8, 4) is 0 Å². The third-order valence-corrected chi connectivity index (χ3v) is 7.05. The molecule has 0 fully saturated rings. The van der Waals surface area contributed by atoms with Crippen LogP contribution < -0.4 is 10.8 Å². The molecule has 2 aromatic rings. The Balaban J connectivity index is 1.48. The van der Waals surface area contributed by atoms with Crippen molar-refractivity contribution in [2.45, 2.75) is 19.3 Å². The van der Waals surface area contributed by atoms with E-state index in [2.05, 4.69) is 29.6 Å².